The third kappa shape index (κ3) is 6.16. The largest absolute Gasteiger partial charge is 0.480 e. The number of urea groups is 1. The number of amides is 2. The lowest BCUT2D eigenvalue weighted by Gasteiger charge is -2.18. The highest BCUT2D eigenvalue weighted by atomic mass is 16.4. The molecule has 0 radical (unpaired) electrons. The minimum absolute atomic E-state index is 0.0334. The van der Waals surface area contributed by atoms with Crippen molar-refractivity contribution in [1.82, 2.24) is 10.2 Å². The van der Waals surface area contributed by atoms with Crippen molar-refractivity contribution in [1.29, 1.82) is 0 Å². The summed E-state index contributed by atoms with van der Waals surface area (Å²) < 4.78 is 0. The lowest BCUT2D eigenvalue weighted by atomic mass is 10.3. The summed E-state index contributed by atoms with van der Waals surface area (Å²) in [6.07, 6.45) is 5.02. The van der Waals surface area contributed by atoms with Crippen LogP contribution in [0.15, 0.2) is 12.2 Å². The highest BCUT2D eigenvalue weighted by molar-refractivity contribution is 5.80. The van der Waals surface area contributed by atoms with Crippen molar-refractivity contribution in [2.75, 3.05) is 19.6 Å². The molecule has 0 rings (SSSR count). The van der Waals surface area contributed by atoms with Crippen molar-refractivity contribution in [2.45, 2.75) is 6.92 Å². The molecule has 2 N–H and O–H groups in total. The zero-order chi connectivity index (χ0) is 11.8. The first-order valence-corrected chi connectivity index (χ1v) is 4.29. The predicted octanol–water partition coefficient (Wildman–Crippen LogP) is 0.292. The van der Waals surface area contributed by atoms with Crippen molar-refractivity contribution in [3.05, 3.63) is 12.2 Å². The first kappa shape index (κ1) is 13.0. The van der Waals surface area contributed by atoms with Crippen LogP contribution >= 0.6 is 0 Å². The van der Waals surface area contributed by atoms with E-state index in [1.54, 1.807) is 6.92 Å². The maximum Gasteiger partial charge on any atom is 0.323 e. The topological polar surface area (TPSA) is 69.6 Å². The zero-order valence-corrected chi connectivity index (χ0v) is 8.62. The second kappa shape index (κ2) is 6.49. The molecule has 15 heavy (non-hydrogen) atoms. The van der Waals surface area contributed by atoms with Gasteiger partial charge in [0.25, 0.3) is 0 Å². The Morgan fingerprint density at radius 1 is 1.60 bits per heavy atom. The van der Waals surface area contributed by atoms with Crippen molar-refractivity contribution >= 4 is 12.0 Å². The zero-order valence-electron chi connectivity index (χ0n) is 8.62. The van der Waals surface area contributed by atoms with Crippen LogP contribution in [-0.2, 0) is 4.79 Å². The quantitative estimate of drug-likeness (QED) is 0.506. The van der Waals surface area contributed by atoms with Gasteiger partial charge in [-0.2, -0.15) is 0 Å². The molecular weight excluding hydrogens is 196 g/mol. The minimum atomic E-state index is -1.10. The highest BCUT2D eigenvalue weighted by Gasteiger charge is 2.14. The number of aliphatic carboxylic acids is 1. The molecule has 0 saturated carbocycles. The first-order chi connectivity index (χ1) is 6.97. The molecule has 82 valence electrons. The van der Waals surface area contributed by atoms with Crippen LogP contribution in [-0.4, -0.2) is 41.6 Å². The van der Waals surface area contributed by atoms with Crippen LogP contribution in [0, 0.1) is 12.3 Å². The smallest absolute Gasteiger partial charge is 0.323 e. The number of carboxylic acid groups (broad SMARTS) is 1. The Bertz CT molecular complexity index is 304. The van der Waals surface area contributed by atoms with Gasteiger partial charge in [0.1, 0.15) is 6.54 Å². The van der Waals surface area contributed by atoms with E-state index in [9.17, 15) is 9.59 Å². The van der Waals surface area contributed by atoms with Gasteiger partial charge in [-0.15, -0.1) is 6.42 Å². The third-order valence-electron chi connectivity index (χ3n) is 1.44. The number of rotatable bonds is 5. The molecule has 0 aromatic carbocycles. The van der Waals surface area contributed by atoms with Gasteiger partial charge in [0.15, 0.2) is 0 Å². The molecule has 0 saturated heterocycles. The second-order valence-corrected chi connectivity index (χ2v) is 3.07. The number of carbonyl (C=O) groups is 2. The maximum atomic E-state index is 11.4. The van der Waals surface area contributed by atoms with E-state index < -0.39 is 18.5 Å². The molecular formula is C10H14N2O3. The van der Waals surface area contributed by atoms with Gasteiger partial charge in [-0.05, 0) is 6.92 Å². The van der Waals surface area contributed by atoms with Gasteiger partial charge in [0.2, 0.25) is 0 Å². The van der Waals surface area contributed by atoms with Crippen molar-refractivity contribution in [2.24, 2.45) is 0 Å². The first-order valence-electron chi connectivity index (χ1n) is 4.29. The summed E-state index contributed by atoms with van der Waals surface area (Å²) in [6.45, 7) is 5.22. The van der Waals surface area contributed by atoms with E-state index in [1.165, 1.54) is 0 Å². The van der Waals surface area contributed by atoms with Crippen LogP contribution in [0.5, 0.6) is 0 Å². The number of hydrogen-bond acceptors (Lipinski definition) is 2. The molecule has 0 aliphatic rings. The molecule has 0 aliphatic carbocycles. The van der Waals surface area contributed by atoms with E-state index in [0.29, 0.717) is 6.54 Å². The number of nitrogens with zero attached hydrogens (tertiary/aromatic N) is 1. The Kier molecular flexibility index (Phi) is 5.64. The van der Waals surface area contributed by atoms with Crippen LogP contribution in [0.3, 0.4) is 0 Å². The van der Waals surface area contributed by atoms with Crippen molar-refractivity contribution in [3.63, 3.8) is 0 Å². The molecule has 5 nitrogen and oxygen atoms in total. The fourth-order valence-corrected chi connectivity index (χ4v) is 0.811. The normalized spacial score (nSPS) is 8.80. The fraction of sp³-hybridized carbons (Fsp3) is 0.400. The van der Waals surface area contributed by atoms with Crippen LogP contribution in [0.4, 0.5) is 4.79 Å². The van der Waals surface area contributed by atoms with Gasteiger partial charge in [0, 0.05) is 6.54 Å². The molecule has 0 atom stereocenters. The monoisotopic (exact) mass is 210 g/mol. The van der Waals surface area contributed by atoms with Crippen LogP contribution in [0.1, 0.15) is 6.92 Å². The van der Waals surface area contributed by atoms with E-state index >= 15 is 0 Å². The highest BCUT2D eigenvalue weighted by Crippen LogP contribution is 1.90. The summed E-state index contributed by atoms with van der Waals surface area (Å²) in [6, 6.07) is -0.502. The average Bonchev–Trinajstić information content (AvgIpc) is 2.12. The lowest BCUT2D eigenvalue weighted by molar-refractivity contribution is -0.137. The van der Waals surface area contributed by atoms with E-state index in [0.717, 1.165) is 10.5 Å². The molecule has 5 heteroatoms. The molecule has 2 amide bonds. The van der Waals surface area contributed by atoms with Gasteiger partial charge in [-0.1, -0.05) is 18.1 Å². The van der Waals surface area contributed by atoms with E-state index in [-0.39, 0.29) is 6.54 Å². The molecule has 0 spiro atoms. The summed E-state index contributed by atoms with van der Waals surface area (Å²) in [5.41, 5.74) is 0.777. The third-order valence-corrected chi connectivity index (χ3v) is 1.44. The molecule has 0 aromatic rings. The molecule has 0 fully saturated rings. The van der Waals surface area contributed by atoms with Crippen molar-refractivity contribution in [3.8, 4) is 12.3 Å². The minimum Gasteiger partial charge on any atom is -0.480 e. The second-order valence-electron chi connectivity index (χ2n) is 3.07. The van der Waals surface area contributed by atoms with Crippen molar-refractivity contribution < 1.29 is 14.7 Å². The Hall–Kier alpha value is -1.96. The number of nitrogens with one attached hydrogen (secondary N) is 1. The van der Waals surface area contributed by atoms with Crippen LogP contribution in [0.2, 0.25) is 0 Å². The Morgan fingerprint density at radius 3 is 2.60 bits per heavy atom. The van der Waals surface area contributed by atoms with Crippen LogP contribution in [0.25, 0.3) is 0 Å². The number of hydrogen-bond donors (Lipinski definition) is 2. The number of carbonyl (C=O) groups excluding carboxylic acids is 1. The van der Waals surface area contributed by atoms with Gasteiger partial charge >= 0.3 is 12.0 Å². The molecule has 0 unspecified atom stereocenters. The van der Waals surface area contributed by atoms with E-state index in [2.05, 4.69) is 17.8 Å². The summed E-state index contributed by atoms with van der Waals surface area (Å²) in [5.74, 6) is 1.12. The Labute approximate surface area is 88.8 Å². The SMILES string of the molecule is C#CCN(CC(=O)O)C(=O)NCC(=C)C. The van der Waals surface area contributed by atoms with Crippen LogP contribution < -0.4 is 5.32 Å². The lowest BCUT2D eigenvalue weighted by Crippen LogP contribution is -2.43. The fourth-order valence-electron chi connectivity index (χ4n) is 0.811. The Morgan fingerprint density at radius 2 is 2.20 bits per heavy atom. The molecule has 0 aliphatic heterocycles. The van der Waals surface area contributed by atoms with Gasteiger partial charge < -0.3 is 15.3 Å². The Balaban J connectivity index is 4.23. The van der Waals surface area contributed by atoms with Gasteiger partial charge in [-0.25, -0.2) is 4.79 Å². The molecule has 0 heterocycles. The summed E-state index contributed by atoms with van der Waals surface area (Å²) in [5, 5.41) is 11.0. The van der Waals surface area contributed by atoms with E-state index in [4.69, 9.17) is 11.5 Å². The van der Waals surface area contributed by atoms with Gasteiger partial charge in [-0.3, -0.25) is 4.79 Å². The predicted molar refractivity (Wildman–Crippen MR) is 56.3 cm³/mol. The van der Waals surface area contributed by atoms with E-state index in [1.807, 2.05) is 0 Å². The maximum absolute atomic E-state index is 11.4. The average molecular weight is 210 g/mol. The number of carboxylic acids is 1. The summed E-state index contributed by atoms with van der Waals surface area (Å²) in [4.78, 5) is 22.8. The number of terminal acetylenes is 1. The molecule has 0 aromatic heterocycles. The molecule has 0 bridgehead atoms. The summed E-state index contributed by atoms with van der Waals surface area (Å²) >= 11 is 0. The standard InChI is InChI=1S/C10H14N2O3/c1-4-5-12(7-9(13)14)10(15)11-6-8(2)3/h1H,2,5-7H2,3H3,(H,11,15)(H,13,14). The van der Waals surface area contributed by atoms with Gasteiger partial charge in [0.05, 0.1) is 6.54 Å². The summed E-state index contributed by atoms with van der Waals surface area (Å²) in [7, 11) is 0.